The van der Waals surface area contributed by atoms with E-state index in [1.165, 1.54) is 12.5 Å². The second-order valence-electron chi connectivity index (χ2n) is 10.9. The molecule has 0 unspecified atom stereocenters. The van der Waals surface area contributed by atoms with Gasteiger partial charge in [0.15, 0.2) is 5.60 Å². The maximum absolute atomic E-state index is 12.9. The highest BCUT2D eigenvalue weighted by Crippen LogP contribution is 2.22. The van der Waals surface area contributed by atoms with E-state index in [0.717, 1.165) is 62.5 Å². The zero-order valence-electron chi connectivity index (χ0n) is 24.3. The Kier molecular flexibility index (Phi) is 11.3. The number of aliphatic hydroxyl groups is 1. The van der Waals surface area contributed by atoms with E-state index in [0.29, 0.717) is 25.3 Å². The number of ether oxygens (including phenoxy) is 1. The maximum Gasteiger partial charge on any atom is 0.326 e. The monoisotopic (exact) mass is 574 g/mol. The first-order valence-corrected chi connectivity index (χ1v) is 14.8. The number of aromatic nitrogens is 1. The van der Waals surface area contributed by atoms with Gasteiger partial charge in [-0.3, -0.25) is 9.69 Å². The summed E-state index contributed by atoms with van der Waals surface area (Å²) in [4.78, 5) is 32.0. The average molecular weight is 575 g/mol. The molecule has 2 aromatic carbocycles. The Labute approximate surface area is 247 Å². The topological polar surface area (TPSA) is 124 Å². The smallest absolute Gasteiger partial charge is 0.326 e. The third kappa shape index (κ3) is 9.03. The van der Waals surface area contributed by atoms with Gasteiger partial charge in [0, 0.05) is 25.3 Å². The van der Waals surface area contributed by atoms with Gasteiger partial charge in [-0.25, -0.2) is 9.78 Å². The number of hydrogen-bond acceptors (Lipinski definition) is 7. The highest BCUT2D eigenvalue weighted by molar-refractivity contribution is 5.89. The fourth-order valence-electron chi connectivity index (χ4n) is 5.06. The molecule has 0 spiro atoms. The maximum atomic E-state index is 12.9. The summed E-state index contributed by atoms with van der Waals surface area (Å²) in [6.45, 7) is 4.60. The predicted molar refractivity (Wildman–Crippen MR) is 163 cm³/mol. The normalized spacial score (nSPS) is 14.7. The fourth-order valence-corrected chi connectivity index (χ4v) is 5.06. The molecule has 1 aliphatic rings. The van der Waals surface area contributed by atoms with Crippen molar-refractivity contribution >= 4 is 17.7 Å². The predicted octanol–water partition coefficient (Wildman–Crippen LogP) is 4.01. The zero-order chi connectivity index (χ0) is 29.8. The molecule has 3 aromatic rings. The van der Waals surface area contributed by atoms with Crippen LogP contribution in [0.15, 0.2) is 72.8 Å². The molecular weight excluding hydrogens is 532 g/mol. The fraction of sp³-hybridized carbons (Fsp3) is 0.424. The van der Waals surface area contributed by atoms with E-state index < -0.39 is 23.5 Å². The lowest BCUT2D eigenvalue weighted by molar-refractivity contribution is -0.147. The minimum Gasteiger partial charge on any atom is -0.492 e. The first kappa shape index (κ1) is 31.0. The molecular formula is C33H42N4O5. The number of unbranched alkanes of at least 4 members (excludes halogenated alkanes) is 1. The number of nitrogens with one attached hydrogen (secondary N) is 2. The van der Waals surface area contributed by atoms with E-state index in [-0.39, 0.29) is 6.42 Å². The number of hydrogen-bond donors (Lipinski definition) is 4. The van der Waals surface area contributed by atoms with Crippen LogP contribution < -0.4 is 15.4 Å². The highest BCUT2D eigenvalue weighted by Gasteiger charge is 2.35. The largest absolute Gasteiger partial charge is 0.492 e. The molecule has 224 valence electrons. The van der Waals surface area contributed by atoms with Gasteiger partial charge in [-0.05, 0) is 81.3 Å². The lowest BCUT2D eigenvalue weighted by Gasteiger charge is -2.27. The molecule has 4 rings (SSSR count). The van der Waals surface area contributed by atoms with E-state index in [2.05, 4.69) is 27.7 Å². The number of fused-ring (bicyclic) bond motifs is 1. The van der Waals surface area contributed by atoms with Crippen LogP contribution in [0, 0.1) is 0 Å². The molecule has 0 fully saturated rings. The Balaban J connectivity index is 1.32. The molecule has 9 nitrogen and oxygen atoms in total. The number of nitrogens with zero attached hydrogens (tertiary/aromatic N) is 2. The SMILES string of the molecule is C[C@](O)(C(=O)N[C@@H](CCN(CCCCc1ccc2c(n1)NCCC2)CCOc1ccccc1)C(=O)O)c1ccccc1. The third-order valence-electron chi connectivity index (χ3n) is 7.64. The second kappa shape index (κ2) is 15.3. The molecule has 1 aromatic heterocycles. The summed E-state index contributed by atoms with van der Waals surface area (Å²) < 4.78 is 5.90. The Morgan fingerprint density at radius 2 is 1.76 bits per heavy atom. The number of carboxylic acids is 1. The lowest BCUT2D eigenvalue weighted by Crippen LogP contribution is -2.50. The molecule has 0 bridgehead atoms. The van der Waals surface area contributed by atoms with Crippen LogP contribution in [0.5, 0.6) is 5.75 Å². The first-order valence-electron chi connectivity index (χ1n) is 14.8. The zero-order valence-corrected chi connectivity index (χ0v) is 24.3. The number of aryl methyl sites for hydroxylation is 2. The van der Waals surface area contributed by atoms with Gasteiger partial charge in [0.05, 0.1) is 0 Å². The molecule has 0 saturated heterocycles. The number of para-hydroxylation sites is 1. The molecule has 1 amide bonds. The third-order valence-corrected chi connectivity index (χ3v) is 7.64. The van der Waals surface area contributed by atoms with Gasteiger partial charge in [-0.2, -0.15) is 0 Å². The number of carbonyl (C=O) groups is 2. The number of anilines is 1. The minimum absolute atomic E-state index is 0.190. The minimum atomic E-state index is -1.85. The summed E-state index contributed by atoms with van der Waals surface area (Å²) in [5, 5.41) is 26.7. The highest BCUT2D eigenvalue weighted by atomic mass is 16.5. The molecule has 9 heteroatoms. The number of aliphatic carboxylic acids is 1. The van der Waals surface area contributed by atoms with Crippen LogP contribution in [0.2, 0.25) is 0 Å². The van der Waals surface area contributed by atoms with Crippen LogP contribution in [-0.4, -0.2) is 70.8 Å². The van der Waals surface area contributed by atoms with Crippen molar-refractivity contribution in [3.05, 3.63) is 89.6 Å². The van der Waals surface area contributed by atoms with Crippen molar-refractivity contribution in [3.8, 4) is 5.75 Å². The molecule has 0 aliphatic carbocycles. The Hall–Kier alpha value is -3.95. The van der Waals surface area contributed by atoms with Crippen LogP contribution in [0.3, 0.4) is 0 Å². The van der Waals surface area contributed by atoms with Gasteiger partial charge in [0.2, 0.25) is 0 Å². The van der Waals surface area contributed by atoms with E-state index in [1.54, 1.807) is 30.3 Å². The first-order chi connectivity index (χ1) is 20.3. The quantitative estimate of drug-likeness (QED) is 0.189. The summed E-state index contributed by atoms with van der Waals surface area (Å²) in [6.07, 6.45) is 5.11. The van der Waals surface area contributed by atoms with Crippen LogP contribution in [-0.2, 0) is 28.0 Å². The van der Waals surface area contributed by atoms with E-state index in [9.17, 15) is 19.8 Å². The van der Waals surface area contributed by atoms with Crippen molar-refractivity contribution in [3.63, 3.8) is 0 Å². The van der Waals surface area contributed by atoms with Crippen molar-refractivity contribution in [2.45, 2.75) is 57.1 Å². The van der Waals surface area contributed by atoms with Crippen LogP contribution >= 0.6 is 0 Å². The summed E-state index contributed by atoms with van der Waals surface area (Å²) in [6, 6.07) is 21.2. The molecule has 4 N–H and O–H groups in total. The Bertz CT molecular complexity index is 1290. The van der Waals surface area contributed by atoms with Crippen molar-refractivity contribution in [1.82, 2.24) is 15.2 Å². The standard InChI is InChI=1S/C33H42N4O5/c1-33(41,26-12-4-2-5-13-26)32(40)36-29(31(38)39)19-22-37(23-24-42-28-15-6-3-7-16-28)21-9-8-14-27-18-17-25-11-10-20-34-30(25)35-27/h2-7,12-13,15-18,29,41H,8-11,14,19-24H2,1H3,(H,34,35)(H,36,40)(H,38,39)/t29-,33+/m0/s1. The molecule has 0 radical (unpaired) electrons. The number of pyridine rings is 1. The van der Waals surface area contributed by atoms with E-state index >= 15 is 0 Å². The van der Waals surface area contributed by atoms with Gasteiger partial charge in [0.25, 0.3) is 5.91 Å². The molecule has 42 heavy (non-hydrogen) atoms. The molecule has 2 atom stereocenters. The van der Waals surface area contributed by atoms with Gasteiger partial charge < -0.3 is 25.6 Å². The van der Waals surface area contributed by atoms with Crippen molar-refractivity contribution in [1.29, 1.82) is 0 Å². The van der Waals surface area contributed by atoms with Crippen molar-refractivity contribution in [2.75, 3.05) is 38.1 Å². The van der Waals surface area contributed by atoms with Gasteiger partial charge in [0.1, 0.15) is 24.2 Å². The van der Waals surface area contributed by atoms with E-state index in [4.69, 9.17) is 9.72 Å². The summed E-state index contributed by atoms with van der Waals surface area (Å²) in [7, 11) is 0. The number of rotatable bonds is 16. The average Bonchev–Trinajstić information content (AvgIpc) is 3.01. The second-order valence-corrected chi connectivity index (χ2v) is 10.9. The summed E-state index contributed by atoms with van der Waals surface area (Å²) in [5.41, 5.74) is 0.898. The summed E-state index contributed by atoms with van der Waals surface area (Å²) >= 11 is 0. The lowest BCUT2D eigenvalue weighted by atomic mass is 9.94. The summed E-state index contributed by atoms with van der Waals surface area (Å²) in [5.74, 6) is -0.0957. The van der Waals surface area contributed by atoms with Gasteiger partial charge in [-0.1, -0.05) is 54.6 Å². The van der Waals surface area contributed by atoms with Crippen molar-refractivity contribution in [2.24, 2.45) is 0 Å². The Morgan fingerprint density at radius 1 is 1.02 bits per heavy atom. The molecule has 2 heterocycles. The Morgan fingerprint density at radius 3 is 2.50 bits per heavy atom. The van der Waals surface area contributed by atoms with Gasteiger partial charge in [-0.15, -0.1) is 0 Å². The molecule has 1 aliphatic heterocycles. The number of amides is 1. The molecule has 0 saturated carbocycles. The van der Waals surface area contributed by atoms with Crippen LogP contribution in [0.4, 0.5) is 5.82 Å². The van der Waals surface area contributed by atoms with Gasteiger partial charge >= 0.3 is 5.97 Å². The number of carboxylic acid groups (broad SMARTS) is 1. The van der Waals surface area contributed by atoms with E-state index in [1.807, 2.05) is 30.3 Å². The number of benzene rings is 2. The van der Waals surface area contributed by atoms with Crippen LogP contribution in [0.25, 0.3) is 0 Å². The van der Waals surface area contributed by atoms with Crippen molar-refractivity contribution < 1.29 is 24.5 Å². The van der Waals surface area contributed by atoms with Crippen LogP contribution in [0.1, 0.15) is 49.4 Å². The number of carbonyl (C=O) groups excluding carboxylic acids is 1.